The van der Waals surface area contributed by atoms with Crippen LogP contribution in [0, 0.1) is 0 Å². The first-order valence-corrected chi connectivity index (χ1v) is 9.78. The van der Waals surface area contributed by atoms with Gasteiger partial charge in [-0.15, -0.1) is 0 Å². The Morgan fingerprint density at radius 1 is 1.07 bits per heavy atom. The van der Waals surface area contributed by atoms with Crippen LogP contribution in [-0.4, -0.2) is 14.7 Å². The van der Waals surface area contributed by atoms with Gasteiger partial charge in [-0.05, 0) is 74.6 Å². The molecule has 3 aromatic rings. The molecule has 0 spiro atoms. The molecule has 1 aromatic carbocycles. The number of rotatable bonds is 4. The number of thiocarbonyl (C=S) groups is 1. The predicted molar refractivity (Wildman–Crippen MR) is 114 cm³/mol. The molecular formula is C21H21ClN4S. The molecule has 1 saturated heterocycles. The zero-order valence-electron chi connectivity index (χ0n) is 15.2. The van der Waals surface area contributed by atoms with Gasteiger partial charge in [-0.2, -0.15) is 0 Å². The van der Waals surface area contributed by atoms with E-state index in [2.05, 4.69) is 51.9 Å². The lowest BCUT2D eigenvalue weighted by Gasteiger charge is -2.29. The smallest absolute Gasteiger partial charge is 0.174 e. The third kappa shape index (κ3) is 3.33. The predicted octanol–water partition coefficient (Wildman–Crippen LogP) is 5.29. The minimum Gasteiger partial charge on any atom is -0.351 e. The van der Waals surface area contributed by atoms with E-state index < -0.39 is 0 Å². The molecule has 27 heavy (non-hydrogen) atoms. The van der Waals surface area contributed by atoms with E-state index in [9.17, 15) is 0 Å². The van der Waals surface area contributed by atoms with E-state index in [4.69, 9.17) is 23.8 Å². The first-order chi connectivity index (χ1) is 13.1. The van der Waals surface area contributed by atoms with Gasteiger partial charge in [0.15, 0.2) is 5.11 Å². The van der Waals surface area contributed by atoms with Gasteiger partial charge in [0, 0.05) is 34.8 Å². The van der Waals surface area contributed by atoms with Gasteiger partial charge >= 0.3 is 0 Å². The van der Waals surface area contributed by atoms with E-state index >= 15 is 0 Å². The summed E-state index contributed by atoms with van der Waals surface area (Å²) in [5.74, 6) is 0. The van der Waals surface area contributed by atoms with E-state index in [1.54, 1.807) is 0 Å². The van der Waals surface area contributed by atoms with Gasteiger partial charge in [0.25, 0.3) is 0 Å². The van der Waals surface area contributed by atoms with Gasteiger partial charge in [-0.25, -0.2) is 0 Å². The lowest BCUT2D eigenvalue weighted by atomic mass is 10.0. The number of hydrogen-bond acceptors (Lipinski definition) is 2. The fourth-order valence-electron chi connectivity index (χ4n) is 3.66. The number of aromatic nitrogens is 2. The Labute approximate surface area is 169 Å². The highest BCUT2D eigenvalue weighted by Gasteiger charge is 2.42. The van der Waals surface area contributed by atoms with Gasteiger partial charge in [0.2, 0.25) is 0 Å². The summed E-state index contributed by atoms with van der Waals surface area (Å²) in [7, 11) is 0. The van der Waals surface area contributed by atoms with E-state index in [-0.39, 0.29) is 12.1 Å². The first-order valence-electron chi connectivity index (χ1n) is 8.99. The Morgan fingerprint density at radius 2 is 1.85 bits per heavy atom. The topological polar surface area (TPSA) is 33.1 Å². The van der Waals surface area contributed by atoms with Crippen LogP contribution in [0.1, 0.15) is 43.4 Å². The largest absolute Gasteiger partial charge is 0.351 e. The molecule has 0 bridgehead atoms. The Hall–Kier alpha value is -2.37. The zero-order valence-corrected chi connectivity index (χ0v) is 16.8. The summed E-state index contributed by atoms with van der Waals surface area (Å²) >= 11 is 11.8. The summed E-state index contributed by atoms with van der Waals surface area (Å²) in [5.41, 5.74) is 3.18. The van der Waals surface area contributed by atoms with Crippen LogP contribution >= 0.6 is 23.8 Å². The number of benzene rings is 1. The number of nitrogens with one attached hydrogen (secondary N) is 1. The van der Waals surface area contributed by atoms with Crippen molar-refractivity contribution >= 4 is 34.6 Å². The average Bonchev–Trinajstić information content (AvgIpc) is 3.27. The number of halogens is 1. The van der Waals surface area contributed by atoms with Crippen molar-refractivity contribution < 1.29 is 0 Å². The maximum Gasteiger partial charge on any atom is 0.174 e. The maximum atomic E-state index is 6.10. The number of pyridine rings is 1. The van der Waals surface area contributed by atoms with E-state index in [0.29, 0.717) is 16.2 Å². The van der Waals surface area contributed by atoms with Crippen LogP contribution in [0.15, 0.2) is 67.0 Å². The van der Waals surface area contributed by atoms with Crippen LogP contribution in [0.25, 0.3) is 0 Å². The lowest BCUT2D eigenvalue weighted by molar-refractivity contribution is 0.497. The number of hydrogen-bond donors (Lipinski definition) is 1. The molecule has 0 radical (unpaired) electrons. The van der Waals surface area contributed by atoms with Crippen molar-refractivity contribution in [2.24, 2.45) is 0 Å². The summed E-state index contributed by atoms with van der Waals surface area (Å²) in [4.78, 5) is 6.76. The quantitative estimate of drug-likeness (QED) is 0.607. The molecule has 2 aromatic heterocycles. The van der Waals surface area contributed by atoms with Gasteiger partial charge in [0.05, 0.1) is 11.7 Å². The monoisotopic (exact) mass is 396 g/mol. The molecule has 0 amide bonds. The second-order valence-electron chi connectivity index (χ2n) is 6.91. The standard InChI is InChI=1S/C21H21ClN4S/c1-14(2)25-13-5-7-18(25)20-19(17-6-3-4-12-23-17)24-21(27)26(20)16-10-8-15(22)9-11-16/h3-14,19-20H,1-2H3,(H,24,27)/t19-,20-/m1/s1. The van der Waals surface area contributed by atoms with E-state index in [1.165, 1.54) is 5.69 Å². The normalized spacial score (nSPS) is 19.6. The summed E-state index contributed by atoms with van der Waals surface area (Å²) in [5, 5.41) is 4.88. The molecule has 138 valence electrons. The van der Waals surface area contributed by atoms with Crippen molar-refractivity contribution in [3.05, 3.63) is 83.4 Å². The molecule has 1 fully saturated rings. The first kappa shape index (κ1) is 18.0. The highest BCUT2D eigenvalue weighted by atomic mass is 35.5. The van der Waals surface area contributed by atoms with Crippen molar-refractivity contribution in [2.75, 3.05) is 4.90 Å². The Balaban J connectivity index is 1.85. The molecule has 1 aliphatic rings. The molecule has 1 aliphatic heterocycles. The van der Waals surface area contributed by atoms with Crippen LogP contribution in [-0.2, 0) is 0 Å². The van der Waals surface area contributed by atoms with E-state index in [0.717, 1.165) is 11.4 Å². The number of anilines is 1. The molecule has 2 atom stereocenters. The van der Waals surface area contributed by atoms with Gasteiger partial charge in [-0.3, -0.25) is 4.98 Å². The highest BCUT2D eigenvalue weighted by Crippen LogP contribution is 2.42. The highest BCUT2D eigenvalue weighted by molar-refractivity contribution is 7.80. The molecule has 0 aliphatic carbocycles. The summed E-state index contributed by atoms with van der Waals surface area (Å²) in [6, 6.07) is 18.3. The van der Waals surface area contributed by atoms with Crippen LogP contribution < -0.4 is 10.2 Å². The van der Waals surface area contributed by atoms with Gasteiger partial charge in [0.1, 0.15) is 6.04 Å². The fraction of sp³-hybridized carbons (Fsp3) is 0.238. The van der Waals surface area contributed by atoms with Crippen molar-refractivity contribution in [1.29, 1.82) is 0 Å². The van der Waals surface area contributed by atoms with Crippen LogP contribution in [0.4, 0.5) is 5.69 Å². The third-order valence-electron chi connectivity index (χ3n) is 4.87. The molecule has 4 rings (SSSR count). The Morgan fingerprint density at radius 3 is 2.52 bits per heavy atom. The van der Waals surface area contributed by atoms with Crippen LogP contribution in [0.3, 0.4) is 0 Å². The van der Waals surface area contributed by atoms with E-state index in [1.807, 2.05) is 48.7 Å². The van der Waals surface area contributed by atoms with Crippen molar-refractivity contribution in [3.63, 3.8) is 0 Å². The minimum absolute atomic E-state index is 0.00836. The van der Waals surface area contributed by atoms with Crippen molar-refractivity contribution in [1.82, 2.24) is 14.9 Å². The molecular weight excluding hydrogens is 376 g/mol. The van der Waals surface area contributed by atoms with Gasteiger partial charge in [-0.1, -0.05) is 17.7 Å². The van der Waals surface area contributed by atoms with Crippen LogP contribution in [0.2, 0.25) is 5.02 Å². The second kappa shape index (κ2) is 7.33. The van der Waals surface area contributed by atoms with Crippen LogP contribution in [0.5, 0.6) is 0 Å². The zero-order chi connectivity index (χ0) is 19.0. The Bertz CT molecular complexity index is 936. The average molecular weight is 397 g/mol. The number of nitrogens with zero attached hydrogens (tertiary/aromatic N) is 3. The Kier molecular flexibility index (Phi) is 4.89. The molecule has 0 saturated carbocycles. The summed E-state index contributed by atoms with van der Waals surface area (Å²) in [6.45, 7) is 4.37. The molecule has 6 heteroatoms. The van der Waals surface area contributed by atoms with Crippen molar-refractivity contribution in [2.45, 2.75) is 32.0 Å². The van der Waals surface area contributed by atoms with Gasteiger partial charge < -0.3 is 14.8 Å². The molecule has 4 nitrogen and oxygen atoms in total. The minimum atomic E-state index is -0.0400. The summed E-state index contributed by atoms with van der Waals surface area (Å²) in [6.07, 6.45) is 3.94. The molecule has 3 heterocycles. The SMILES string of the molecule is CC(C)n1cccc1[C@@H]1[C@@H](c2ccccn2)NC(=S)N1c1ccc(Cl)cc1. The maximum absolute atomic E-state index is 6.10. The second-order valence-corrected chi connectivity index (χ2v) is 7.73. The summed E-state index contributed by atoms with van der Waals surface area (Å²) < 4.78 is 2.29. The third-order valence-corrected chi connectivity index (χ3v) is 5.44. The fourth-order valence-corrected chi connectivity index (χ4v) is 4.14. The van der Waals surface area contributed by atoms with Crippen molar-refractivity contribution in [3.8, 4) is 0 Å². The molecule has 0 unspecified atom stereocenters. The molecule has 1 N–H and O–H groups in total. The lowest BCUT2D eigenvalue weighted by Crippen LogP contribution is -2.30.